The van der Waals surface area contributed by atoms with Gasteiger partial charge in [-0.15, -0.1) is 0 Å². The Kier molecular flexibility index (Phi) is 4.83. The highest BCUT2D eigenvalue weighted by atomic mass is 35.5. The van der Waals surface area contributed by atoms with Crippen LogP contribution < -0.4 is 9.64 Å². The zero-order valence-corrected chi connectivity index (χ0v) is 14.2. The van der Waals surface area contributed by atoms with Gasteiger partial charge >= 0.3 is 0 Å². The molecule has 1 fully saturated rings. The molecular weight excluding hydrogens is 328 g/mol. The molecule has 0 aromatic heterocycles. The Balaban J connectivity index is 1.98. The average molecular weight is 345 g/mol. The van der Waals surface area contributed by atoms with Crippen LogP contribution in [0.4, 0.5) is 11.4 Å². The number of hydrogen-bond acceptors (Lipinski definition) is 4. The number of aliphatic imine (C=N–C) groups is 1. The second kappa shape index (κ2) is 7.03. The van der Waals surface area contributed by atoms with E-state index in [0.717, 1.165) is 17.1 Å². The molecule has 0 N–H and O–H groups in total. The zero-order chi connectivity index (χ0) is 17.1. The van der Waals surface area contributed by atoms with E-state index in [1.54, 1.807) is 24.1 Å². The van der Waals surface area contributed by atoms with Crippen LogP contribution in [0.15, 0.2) is 53.5 Å². The molecule has 24 heavy (non-hydrogen) atoms. The summed E-state index contributed by atoms with van der Waals surface area (Å²) in [6.07, 6.45) is -0.109. The molecule has 1 saturated heterocycles. The van der Waals surface area contributed by atoms with Gasteiger partial charge in [0.25, 0.3) is 5.91 Å². The monoisotopic (exact) mass is 344 g/mol. The lowest BCUT2D eigenvalue weighted by molar-refractivity contribution is -0.125. The van der Waals surface area contributed by atoms with E-state index in [1.807, 2.05) is 36.4 Å². The van der Waals surface area contributed by atoms with Crippen molar-refractivity contribution in [3.05, 3.63) is 53.6 Å². The molecule has 0 saturated carbocycles. The van der Waals surface area contributed by atoms with E-state index in [-0.39, 0.29) is 5.91 Å². The van der Waals surface area contributed by atoms with Crippen molar-refractivity contribution in [3.63, 3.8) is 0 Å². The van der Waals surface area contributed by atoms with Crippen LogP contribution in [-0.2, 0) is 9.53 Å². The maximum atomic E-state index is 12.6. The molecule has 2 aromatic rings. The van der Waals surface area contributed by atoms with E-state index in [9.17, 15) is 4.79 Å². The minimum Gasteiger partial charge on any atom is -0.497 e. The van der Waals surface area contributed by atoms with Gasteiger partial charge in [-0.25, -0.2) is 4.99 Å². The third-order valence-corrected chi connectivity index (χ3v) is 4.07. The number of methoxy groups -OCH3 is 2. The fourth-order valence-corrected chi connectivity index (χ4v) is 2.69. The van der Waals surface area contributed by atoms with Gasteiger partial charge in [0.05, 0.1) is 18.5 Å². The molecule has 1 aliphatic rings. The number of amides is 1. The van der Waals surface area contributed by atoms with Crippen LogP contribution >= 0.6 is 11.6 Å². The third-order valence-electron chi connectivity index (χ3n) is 3.82. The Morgan fingerprint density at radius 3 is 2.33 bits per heavy atom. The first kappa shape index (κ1) is 16.5. The summed E-state index contributed by atoms with van der Waals surface area (Å²) < 4.78 is 10.5. The van der Waals surface area contributed by atoms with Gasteiger partial charge in [0, 0.05) is 18.6 Å². The van der Waals surface area contributed by atoms with Gasteiger partial charge in [-0.3, -0.25) is 9.69 Å². The SMILES string of the molecule is COc1ccc(N2C(=O)[C@H](OC)CC2=Nc2ccc(Cl)cc2)cc1. The summed E-state index contributed by atoms with van der Waals surface area (Å²) in [4.78, 5) is 18.8. The smallest absolute Gasteiger partial charge is 0.262 e. The highest BCUT2D eigenvalue weighted by Gasteiger charge is 2.38. The van der Waals surface area contributed by atoms with Crippen molar-refractivity contribution >= 4 is 34.7 Å². The molecule has 0 aliphatic carbocycles. The van der Waals surface area contributed by atoms with Gasteiger partial charge in [-0.2, -0.15) is 0 Å². The highest BCUT2D eigenvalue weighted by Crippen LogP contribution is 2.29. The second-order valence-corrected chi connectivity index (χ2v) is 5.74. The average Bonchev–Trinajstić information content (AvgIpc) is 2.92. The quantitative estimate of drug-likeness (QED) is 0.847. The first-order valence-corrected chi connectivity index (χ1v) is 7.84. The lowest BCUT2D eigenvalue weighted by Crippen LogP contribution is -2.32. The van der Waals surface area contributed by atoms with Gasteiger partial charge in [-0.05, 0) is 48.5 Å². The van der Waals surface area contributed by atoms with E-state index in [0.29, 0.717) is 17.3 Å². The largest absolute Gasteiger partial charge is 0.497 e. The molecule has 5 nitrogen and oxygen atoms in total. The molecule has 1 aliphatic heterocycles. The summed E-state index contributed by atoms with van der Waals surface area (Å²) in [5, 5.41) is 0.642. The summed E-state index contributed by atoms with van der Waals surface area (Å²) in [5.41, 5.74) is 1.46. The molecule has 1 atom stereocenters. The van der Waals surface area contributed by atoms with E-state index in [4.69, 9.17) is 21.1 Å². The molecule has 2 aromatic carbocycles. The number of nitrogens with zero attached hydrogens (tertiary/aromatic N) is 2. The van der Waals surface area contributed by atoms with Crippen molar-refractivity contribution in [2.75, 3.05) is 19.1 Å². The lowest BCUT2D eigenvalue weighted by atomic mass is 10.2. The minimum absolute atomic E-state index is 0.129. The van der Waals surface area contributed by atoms with E-state index in [2.05, 4.69) is 4.99 Å². The van der Waals surface area contributed by atoms with Crippen molar-refractivity contribution in [3.8, 4) is 5.75 Å². The summed E-state index contributed by atoms with van der Waals surface area (Å²) in [7, 11) is 3.13. The molecular formula is C18H17ClN2O3. The van der Waals surface area contributed by atoms with Crippen LogP contribution in [0.1, 0.15) is 6.42 Å². The van der Waals surface area contributed by atoms with Crippen LogP contribution in [-0.4, -0.2) is 32.1 Å². The molecule has 1 heterocycles. The number of carbonyl (C=O) groups is 1. The number of anilines is 1. The zero-order valence-electron chi connectivity index (χ0n) is 13.4. The molecule has 0 spiro atoms. The normalized spacial score (nSPS) is 19.1. The Labute approximate surface area is 145 Å². The Morgan fingerprint density at radius 2 is 1.75 bits per heavy atom. The molecule has 0 radical (unpaired) electrons. The number of amidine groups is 1. The van der Waals surface area contributed by atoms with Gasteiger partial charge < -0.3 is 9.47 Å². The Morgan fingerprint density at radius 1 is 1.08 bits per heavy atom. The summed E-state index contributed by atoms with van der Waals surface area (Å²) in [5.74, 6) is 1.24. The van der Waals surface area contributed by atoms with Crippen LogP contribution in [0, 0.1) is 0 Å². The Hall–Kier alpha value is -2.37. The fourth-order valence-electron chi connectivity index (χ4n) is 2.57. The topological polar surface area (TPSA) is 51.1 Å². The number of ether oxygens (including phenoxy) is 2. The van der Waals surface area contributed by atoms with Crippen LogP contribution in [0.5, 0.6) is 5.75 Å². The maximum Gasteiger partial charge on any atom is 0.262 e. The number of carbonyl (C=O) groups excluding carboxylic acids is 1. The fraction of sp³-hybridized carbons (Fsp3) is 0.222. The van der Waals surface area contributed by atoms with E-state index < -0.39 is 6.10 Å². The maximum absolute atomic E-state index is 12.6. The molecule has 0 bridgehead atoms. The molecule has 3 rings (SSSR count). The van der Waals surface area contributed by atoms with Gasteiger partial charge in [0.2, 0.25) is 0 Å². The van der Waals surface area contributed by atoms with Gasteiger partial charge in [0.1, 0.15) is 17.7 Å². The number of rotatable bonds is 4. The third kappa shape index (κ3) is 3.27. The lowest BCUT2D eigenvalue weighted by Gasteiger charge is -2.17. The Bertz CT molecular complexity index is 757. The number of hydrogen-bond donors (Lipinski definition) is 0. The van der Waals surface area contributed by atoms with Crippen LogP contribution in [0.3, 0.4) is 0 Å². The molecule has 0 unspecified atom stereocenters. The van der Waals surface area contributed by atoms with Crippen molar-refractivity contribution in [1.82, 2.24) is 0 Å². The number of halogens is 1. The van der Waals surface area contributed by atoms with E-state index >= 15 is 0 Å². The first-order chi connectivity index (χ1) is 11.6. The second-order valence-electron chi connectivity index (χ2n) is 5.30. The summed E-state index contributed by atoms with van der Waals surface area (Å²) in [6.45, 7) is 0. The standard InChI is InChI=1S/C18H17ClN2O3/c1-23-15-9-7-14(8-10-15)21-17(11-16(24-2)18(21)22)20-13-5-3-12(19)4-6-13/h3-10,16H,11H2,1-2H3/t16-/m1/s1. The van der Waals surface area contributed by atoms with Gasteiger partial charge in [-0.1, -0.05) is 11.6 Å². The first-order valence-electron chi connectivity index (χ1n) is 7.46. The highest BCUT2D eigenvalue weighted by molar-refractivity contribution is 6.30. The van der Waals surface area contributed by atoms with Gasteiger partial charge in [0.15, 0.2) is 0 Å². The van der Waals surface area contributed by atoms with Crippen molar-refractivity contribution < 1.29 is 14.3 Å². The predicted octanol–water partition coefficient (Wildman–Crippen LogP) is 3.83. The van der Waals surface area contributed by atoms with Crippen molar-refractivity contribution in [2.24, 2.45) is 4.99 Å². The predicted molar refractivity (Wildman–Crippen MR) is 94.4 cm³/mol. The summed E-state index contributed by atoms with van der Waals surface area (Å²) in [6, 6.07) is 14.4. The molecule has 124 valence electrons. The summed E-state index contributed by atoms with van der Waals surface area (Å²) >= 11 is 5.91. The van der Waals surface area contributed by atoms with Crippen molar-refractivity contribution in [1.29, 1.82) is 0 Å². The number of benzene rings is 2. The van der Waals surface area contributed by atoms with E-state index in [1.165, 1.54) is 7.11 Å². The molecule has 1 amide bonds. The molecule has 6 heteroatoms. The van der Waals surface area contributed by atoms with Crippen LogP contribution in [0.2, 0.25) is 5.02 Å². The minimum atomic E-state index is -0.529. The van der Waals surface area contributed by atoms with Crippen LogP contribution in [0.25, 0.3) is 0 Å². The van der Waals surface area contributed by atoms with Crippen molar-refractivity contribution in [2.45, 2.75) is 12.5 Å².